The van der Waals surface area contributed by atoms with Crippen LogP contribution in [-0.4, -0.2) is 20.5 Å². The van der Waals surface area contributed by atoms with Crippen LogP contribution >= 0.6 is 23.4 Å². The molecule has 0 saturated carbocycles. The van der Waals surface area contributed by atoms with Gasteiger partial charge in [0.05, 0.1) is 0 Å². The Labute approximate surface area is 109 Å². The van der Waals surface area contributed by atoms with Crippen molar-refractivity contribution in [3.05, 3.63) is 34.9 Å². The Morgan fingerprint density at radius 3 is 2.76 bits per heavy atom. The molecule has 1 heterocycles. The Morgan fingerprint density at radius 2 is 2.12 bits per heavy atom. The summed E-state index contributed by atoms with van der Waals surface area (Å²) in [5.74, 6) is 1.33. The Kier molecular flexibility index (Phi) is 3.91. The summed E-state index contributed by atoms with van der Waals surface area (Å²) in [7, 11) is 1.85. The molecule has 0 bridgehead atoms. The second-order valence-corrected chi connectivity index (χ2v) is 5.06. The van der Waals surface area contributed by atoms with Crippen LogP contribution < -0.4 is 5.73 Å². The van der Waals surface area contributed by atoms with E-state index in [1.165, 1.54) is 0 Å². The van der Waals surface area contributed by atoms with Gasteiger partial charge in [0.15, 0.2) is 5.16 Å². The van der Waals surface area contributed by atoms with E-state index in [4.69, 9.17) is 17.3 Å². The van der Waals surface area contributed by atoms with Crippen molar-refractivity contribution in [2.24, 2.45) is 7.05 Å². The molecule has 1 aromatic heterocycles. The van der Waals surface area contributed by atoms with Crippen LogP contribution in [0.15, 0.2) is 29.4 Å². The Balaban J connectivity index is 1.92. The first-order valence-electron chi connectivity index (χ1n) is 5.19. The number of anilines is 1. The molecule has 0 radical (unpaired) electrons. The van der Waals surface area contributed by atoms with Gasteiger partial charge in [-0.15, -0.1) is 10.2 Å². The second kappa shape index (κ2) is 5.42. The summed E-state index contributed by atoms with van der Waals surface area (Å²) in [4.78, 5) is 0. The van der Waals surface area contributed by atoms with Gasteiger partial charge < -0.3 is 5.73 Å². The minimum Gasteiger partial charge on any atom is -0.368 e. The standard InChI is InChI=1S/C11H13ClN4S/c1-16-10(13)14-15-11(16)17-7-6-8-4-2-3-5-9(8)12/h2-5H,6-7H2,1H3,(H2,13,14). The van der Waals surface area contributed by atoms with Crippen LogP contribution in [0, 0.1) is 0 Å². The van der Waals surface area contributed by atoms with Gasteiger partial charge in [0, 0.05) is 17.8 Å². The predicted octanol–water partition coefficient (Wildman–Crippen LogP) is 2.39. The lowest BCUT2D eigenvalue weighted by Gasteiger charge is -2.03. The van der Waals surface area contributed by atoms with Crippen molar-refractivity contribution in [1.29, 1.82) is 0 Å². The first-order chi connectivity index (χ1) is 8.18. The highest BCUT2D eigenvalue weighted by Gasteiger charge is 2.06. The van der Waals surface area contributed by atoms with E-state index in [1.807, 2.05) is 31.3 Å². The van der Waals surface area contributed by atoms with Crippen LogP contribution in [0.1, 0.15) is 5.56 Å². The zero-order valence-corrected chi connectivity index (χ0v) is 11.0. The fraction of sp³-hybridized carbons (Fsp3) is 0.273. The molecule has 0 aliphatic rings. The van der Waals surface area contributed by atoms with E-state index >= 15 is 0 Å². The maximum Gasteiger partial charge on any atom is 0.222 e. The van der Waals surface area contributed by atoms with E-state index in [0.717, 1.165) is 27.9 Å². The number of halogens is 1. The first-order valence-corrected chi connectivity index (χ1v) is 6.56. The molecule has 0 saturated heterocycles. The van der Waals surface area contributed by atoms with E-state index in [2.05, 4.69) is 10.2 Å². The number of hydrogen-bond acceptors (Lipinski definition) is 4. The summed E-state index contributed by atoms with van der Waals surface area (Å²) in [6.07, 6.45) is 0.900. The van der Waals surface area contributed by atoms with Gasteiger partial charge in [-0.2, -0.15) is 0 Å². The molecule has 0 spiro atoms. The molecule has 0 fully saturated rings. The summed E-state index contributed by atoms with van der Waals surface area (Å²) >= 11 is 7.70. The number of benzene rings is 1. The smallest absolute Gasteiger partial charge is 0.222 e. The zero-order chi connectivity index (χ0) is 12.3. The minimum absolute atomic E-state index is 0.435. The van der Waals surface area contributed by atoms with E-state index in [0.29, 0.717) is 5.95 Å². The lowest BCUT2D eigenvalue weighted by Crippen LogP contribution is -1.99. The van der Waals surface area contributed by atoms with Crippen molar-refractivity contribution in [2.45, 2.75) is 11.6 Å². The largest absolute Gasteiger partial charge is 0.368 e. The molecule has 0 atom stereocenters. The monoisotopic (exact) mass is 268 g/mol. The number of thioether (sulfide) groups is 1. The fourth-order valence-electron chi connectivity index (χ4n) is 1.41. The molecule has 1 aromatic carbocycles. The van der Waals surface area contributed by atoms with Gasteiger partial charge in [0.2, 0.25) is 5.95 Å². The molecule has 2 N–H and O–H groups in total. The third-order valence-corrected chi connectivity index (χ3v) is 3.82. The summed E-state index contributed by atoms with van der Waals surface area (Å²) in [6.45, 7) is 0. The molecule has 90 valence electrons. The molecule has 2 rings (SSSR count). The van der Waals surface area contributed by atoms with Crippen molar-refractivity contribution in [1.82, 2.24) is 14.8 Å². The van der Waals surface area contributed by atoms with Crippen LogP contribution in [-0.2, 0) is 13.5 Å². The highest BCUT2D eigenvalue weighted by Crippen LogP contribution is 2.21. The van der Waals surface area contributed by atoms with Crippen molar-refractivity contribution in [3.63, 3.8) is 0 Å². The Hall–Kier alpha value is -1.20. The molecule has 0 amide bonds. The van der Waals surface area contributed by atoms with Gasteiger partial charge in [0.25, 0.3) is 0 Å². The summed E-state index contributed by atoms with van der Waals surface area (Å²) in [6, 6.07) is 7.87. The van der Waals surface area contributed by atoms with E-state index in [1.54, 1.807) is 16.3 Å². The second-order valence-electron chi connectivity index (χ2n) is 3.59. The van der Waals surface area contributed by atoms with Crippen molar-refractivity contribution in [3.8, 4) is 0 Å². The molecule has 2 aromatic rings. The van der Waals surface area contributed by atoms with Crippen LogP contribution in [0.5, 0.6) is 0 Å². The molecule has 4 nitrogen and oxygen atoms in total. The number of nitrogens with zero attached hydrogens (tertiary/aromatic N) is 3. The molecule has 0 aliphatic heterocycles. The molecular formula is C11H13ClN4S. The van der Waals surface area contributed by atoms with Gasteiger partial charge >= 0.3 is 0 Å². The van der Waals surface area contributed by atoms with Crippen molar-refractivity contribution < 1.29 is 0 Å². The minimum atomic E-state index is 0.435. The summed E-state index contributed by atoms with van der Waals surface area (Å²) < 4.78 is 1.78. The average Bonchev–Trinajstić information content (AvgIpc) is 2.63. The van der Waals surface area contributed by atoms with Crippen LogP contribution in [0.2, 0.25) is 5.02 Å². The third-order valence-electron chi connectivity index (χ3n) is 2.43. The summed E-state index contributed by atoms with van der Waals surface area (Å²) in [5, 5.41) is 9.43. The zero-order valence-electron chi connectivity index (χ0n) is 9.43. The highest BCUT2D eigenvalue weighted by atomic mass is 35.5. The molecule has 0 aliphatic carbocycles. The lowest BCUT2D eigenvalue weighted by atomic mass is 10.2. The van der Waals surface area contributed by atoms with Crippen molar-refractivity contribution in [2.75, 3.05) is 11.5 Å². The third kappa shape index (κ3) is 2.92. The maximum absolute atomic E-state index is 6.08. The Bertz CT molecular complexity index is 512. The SMILES string of the molecule is Cn1c(N)nnc1SCCc1ccccc1Cl. The van der Waals surface area contributed by atoms with Gasteiger partial charge in [-0.25, -0.2) is 0 Å². The molecule has 0 unspecified atom stereocenters. The predicted molar refractivity (Wildman–Crippen MR) is 71.3 cm³/mol. The van der Waals surface area contributed by atoms with Gasteiger partial charge in [0.1, 0.15) is 0 Å². The number of nitrogen functional groups attached to an aromatic ring is 1. The molecule has 17 heavy (non-hydrogen) atoms. The van der Waals surface area contributed by atoms with Crippen LogP contribution in [0.25, 0.3) is 0 Å². The Morgan fingerprint density at radius 1 is 1.35 bits per heavy atom. The number of aromatic nitrogens is 3. The number of nitrogens with two attached hydrogens (primary N) is 1. The quantitative estimate of drug-likeness (QED) is 0.865. The number of rotatable bonds is 4. The summed E-state index contributed by atoms with van der Waals surface area (Å²) in [5.41, 5.74) is 6.75. The highest BCUT2D eigenvalue weighted by molar-refractivity contribution is 7.99. The van der Waals surface area contributed by atoms with Crippen LogP contribution in [0.3, 0.4) is 0 Å². The number of aryl methyl sites for hydroxylation is 1. The van der Waals surface area contributed by atoms with Crippen LogP contribution in [0.4, 0.5) is 5.95 Å². The van der Waals surface area contributed by atoms with E-state index in [9.17, 15) is 0 Å². The topological polar surface area (TPSA) is 56.7 Å². The van der Waals surface area contributed by atoms with Gasteiger partial charge in [-0.3, -0.25) is 4.57 Å². The maximum atomic E-state index is 6.08. The molecule has 6 heteroatoms. The average molecular weight is 269 g/mol. The normalized spacial score (nSPS) is 10.7. The van der Waals surface area contributed by atoms with E-state index in [-0.39, 0.29) is 0 Å². The fourth-order valence-corrected chi connectivity index (χ4v) is 2.53. The van der Waals surface area contributed by atoms with Gasteiger partial charge in [-0.1, -0.05) is 41.6 Å². The first kappa shape index (κ1) is 12.3. The number of hydrogen-bond donors (Lipinski definition) is 1. The van der Waals surface area contributed by atoms with Crippen molar-refractivity contribution >= 4 is 29.3 Å². The lowest BCUT2D eigenvalue weighted by molar-refractivity contribution is 0.795. The van der Waals surface area contributed by atoms with Gasteiger partial charge in [-0.05, 0) is 18.1 Å². The molecular weight excluding hydrogens is 256 g/mol. The van der Waals surface area contributed by atoms with E-state index < -0.39 is 0 Å².